The third kappa shape index (κ3) is 3.44. The number of carbonyl (C=O) groups is 1. The SMILES string of the molecule is O=C([O-])[C@@H]1C[C@H](SCc2ccc(F)cc2)C[NH2+]1. The van der Waals surface area contributed by atoms with E-state index in [-0.39, 0.29) is 5.82 Å². The molecule has 1 aliphatic heterocycles. The number of benzene rings is 1. The molecule has 1 aliphatic rings. The summed E-state index contributed by atoms with van der Waals surface area (Å²) in [4.78, 5) is 10.7. The molecule has 3 nitrogen and oxygen atoms in total. The molecule has 92 valence electrons. The van der Waals surface area contributed by atoms with E-state index in [0.29, 0.717) is 11.7 Å². The Morgan fingerprint density at radius 3 is 2.76 bits per heavy atom. The average molecular weight is 255 g/mol. The Morgan fingerprint density at radius 1 is 1.47 bits per heavy atom. The summed E-state index contributed by atoms with van der Waals surface area (Å²) in [5.74, 6) is -0.418. The Hall–Kier alpha value is -1.07. The van der Waals surface area contributed by atoms with E-state index < -0.39 is 12.0 Å². The van der Waals surface area contributed by atoms with Gasteiger partial charge in [-0.1, -0.05) is 12.1 Å². The molecule has 0 aromatic heterocycles. The number of aliphatic carboxylic acids is 1. The van der Waals surface area contributed by atoms with Crippen LogP contribution in [-0.2, 0) is 10.5 Å². The molecule has 1 saturated heterocycles. The largest absolute Gasteiger partial charge is 0.544 e. The van der Waals surface area contributed by atoms with Gasteiger partial charge in [0, 0.05) is 12.2 Å². The zero-order valence-corrected chi connectivity index (χ0v) is 10.1. The van der Waals surface area contributed by atoms with Crippen molar-refractivity contribution in [2.45, 2.75) is 23.5 Å². The summed E-state index contributed by atoms with van der Waals surface area (Å²) in [6, 6.07) is 6.01. The van der Waals surface area contributed by atoms with Crippen LogP contribution in [0.3, 0.4) is 0 Å². The van der Waals surface area contributed by atoms with Crippen molar-refractivity contribution in [2.75, 3.05) is 6.54 Å². The molecule has 0 saturated carbocycles. The minimum Gasteiger partial charge on any atom is -0.544 e. The number of carboxylic acid groups (broad SMARTS) is 1. The molecule has 0 aliphatic carbocycles. The summed E-state index contributed by atoms with van der Waals surface area (Å²) in [6.07, 6.45) is 0.647. The number of carbonyl (C=O) groups excluding carboxylic acids is 1. The van der Waals surface area contributed by atoms with Gasteiger partial charge in [-0.05, 0) is 17.7 Å². The summed E-state index contributed by atoms with van der Waals surface area (Å²) in [7, 11) is 0. The predicted octanol–water partition coefficient (Wildman–Crippen LogP) is -0.487. The van der Waals surface area contributed by atoms with Crippen molar-refractivity contribution >= 4 is 17.7 Å². The van der Waals surface area contributed by atoms with E-state index in [4.69, 9.17) is 0 Å². The zero-order valence-electron chi connectivity index (χ0n) is 9.27. The summed E-state index contributed by atoms with van der Waals surface area (Å²) in [6.45, 7) is 0.810. The zero-order chi connectivity index (χ0) is 12.3. The van der Waals surface area contributed by atoms with E-state index >= 15 is 0 Å². The molecule has 0 spiro atoms. The molecule has 1 aromatic rings. The van der Waals surface area contributed by atoms with Gasteiger partial charge in [0.15, 0.2) is 0 Å². The van der Waals surface area contributed by atoms with Crippen LogP contribution in [0.25, 0.3) is 0 Å². The highest BCUT2D eigenvalue weighted by atomic mass is 32.2. The number of quaternary nitrogens is 1. The number of halogens is 1. The average Bonchev–Trinajstić information content (AvgIpc) is 2.77. The lowest BCUT2D eigenvalue weighted by Gasteiger charge is -2.07. The number of hydrogen-bond donors (Lipinski definition) is 1. The molecule has 1 aromatic carbocycles. The molecule has 2 N–H and O–H groups in total. The Balaban J connectivity index is 1.80. The fourth-order valence-electron chi connectivity index (χ4n) is 1.91. The third-order valence-corrected chi connectivity index (χ3v) is 4.26. The molecule has 17 heavy (non-hydrogen) atoms. The van der Waals surface area contributed by atoms with Crippen LogP contribution in [-0.4, -0.2) is 23.8 Å². The normalized spacial score (nSPS) is 23.8. The van der Waals surface area contributed by atoms with Crippen LogP contribution in [0.5, 0.6) is 0 Å². The Bertz CT molecular complexity index is 396. The Kier molecular flexibility index (Phi) is 4.02. The second-order valence-corrected chi connectivity index (χ2v) is 5.48. The Labute approximate surface area is 103 Å². The standard InChI is InChI=1S/C12H14FNO2S/c13-9-3-1-8(2-4-9)7-17-10-5-11(12(15)16)14-6-10/h1-4,10-11,14H,5-7H2,(H,15,16)/t10-,11-/m0/s1. The number of rotatable bonds is 4. The van der Waals surface area contributed by atoms with Crippen LogP contribution in [0.4, 0.5) is 4.39 Å². The van der Waals surface area contributed by atoms with Crippen molar-refractivity contribution in [3.8, 4) is 0 Å². The second-order valence-electron chi connectivity index (χ2n) is 4.19. The van der Waals surface area contributed by atoms with Gasteiger partial charge < -0.3 is 15.2 Å². The first kappa shape index (κ1) is 12.4. The van der Waals surface area contributed by atoms with Crippen LogP contribution in [0.2, 0.25) is 0 Å². The molecule has 0 radical (unpaired) electrons. The molecule has 1 heterocycles. The maximum atomic E-state index is 12.7. The van der Waals surface area contributed by atoms with E-state index in [2.05, 4.69) is 0 Å². The van der Waals surface area contributed by atoms with Crippen molar-refractivity contribution < 1.29 is 19.6 Å². The molecule has 0 unspecified atom stereocenters. The van der Waals surface area contributed by atoms with Crippen molar-refractivity contribution in [1.82, 2.24) is 0 Å². The number of thioether (sulfide) groups is 1. The number of nitrogens with two attached hydrogens (primary N) is 1. The molecule has 0 bridgehead atoms. The van der Waals surface area contributed by atoms with Gasteiger partial charge in [-0.15, -0.1) is 11.8 Å². The van der Waals surface area contributed by atoms with Crippen LogP contribution < -0.4 is 10.4 Å². The fraction of sp³-hybridized carbons (Fsp3) is 0.417. The summed E-state index contributed by atoms with van der Waals surface area (Å²) in [5, 5.41) is 12.8. The van der Waals surface area contributed by atoms with Gasteiger partial charge in [-0.25, -0.2) is 4.39 Å². The first-order valence-corrected chi connectivity index (χ1v) is 6.60. The number of hydrogen-bond acceptors (Lipinski definition) is 3. The summed E-state index contributed by atoms with van der Waals surface area (Å²) in [5.41, 5.74) is 1.06. The van der Waals surface area contributed by atoms with Crippen LogP contribution in [0, 0.1) is 5.82 Å². The van der Waals surface area contributed by atoms with Gasteiger partial charge in [-0.3, -0.25) is 0 Å². The smallest absolute Gasteiger partial charge is 0.127 e. The molecule has 1 fully saturated rings. The molecule has 5 heteroatoms. The molecular weight excluding hydrogens is 241 g/mol. The van der Waals surface area contributed by atoms with E-state index in [9.17, 15) is 14.3 Å². The van der Waals surface area contributed by atoms with Crippen LogP contribution >= 0.6 is 11.8 Å². The Morgan fingerprint density at radius 2 is 2.18 bits per heavy atom. The number of carboxylic acids is 1. The molecule has 2 rings (SSSR count). The summed E-state index contributed by atoms with van der Waals surface area (Å²) < 4.78 is 12.7. The van der Waals surface area contributed by atoms with Crippen LogP contribution in [0.1, 0.15) is 12.0 Å². The van der Waals surface area contributed by atoms with Gasteiger partial charge in [0.2, 0.25) is 0 Å². The molecular formula is C12H14FNO2S. The molecule has 2 atom stereocenters. The lowest BCUT2D eigenvalue weighted by molar-refractivity contribution is -0.664. The van der Waals surface area contributed by atoms with E-state index in [1.807, 2.05) is 5.32 Å². The van der Waals surface area contributed by atoms with Gasteiger partial charge in [-0.2, -0.15) is 0 Å². The first-order chi connectivity index (χ1) is 8.15. The predicted molar refractivity (Wildman–Crippen MR) is 61.7 cm³/mol. The van der Waals surface area contributed by atoms with Crippen molar-refractivity contribution in [3.63, 3.8) is 0 Å². The van der Waals surface area contributed by atoms with E-state index in [1.165, 1.54) is 12.1 Å². The van der Waals surface area contributed by atoms with Crippen molar-refractivity contribution in [3.05, 3.63) is 35.6 Å². The van der Waals surface area contributed by atoms with Gasteiger partial charge >= 0.3 is 0 Å². The lowest BCUT2D eigenvalue weighted by atomic mass is 10.2. The molecule has 0 amide bonds. The van der Waals surface area contributed by atoms with Crippen LogP contribution in [0.15, 0.2) is 24.3 Å². The fourth-order valence-corrected chi connectivity index (χ4v) is 3.13. The third-order valence-electron chi connectivity index (χ3n) is 2.90. The lowest BCUT2D eigenvalue weighted by Crippen LogP contribution is -2.90. The van der Waals surface area contributed by atoms with Gasteiger partial charge in [0.25, 0.3) is 0 Å². The maximum Gasteiger partial charge on any atom is 0.127 e. The topological polar surface area (TPSA) is 56.7 Å². The quantitative estimate of drug-likeness (QED) is 0.790. The minimum absolute atomic E-state index is 0.232. The summed E-state index contributed by atoms with van der Waals surface area (Å²) >= 11 is 1.72. The van der Waals surface area contributed by atoms with Crippen molar-refractivity contribution in [1.29, 1.82) is 0 Å². The van der Waals surface area contributed by atoms with Crippen molar-refractivity contribution in [2.24, 2.45) is 0 Å². The van der Waals surface area contributed by atoms with Gasteiger partial charge in [0.1, 0.15) is 11.9 Å². The highest BCUT2D eigenvalue weighted by Crippen LogP contribution is 2.22. The maximum absolute atomic E-state index is 12.7. The van der Waals surface area contributed by atoms with E-state index in [0.717, 1.165) is 17.9 Å². The van der Waals surface area contributed by atoms with E-state index in [1.54, 1.807) is 23.9 Å². The van der Waals surface area contributed by atoms with Gasteiger partial charge in [0.05, 0.1) is 17.8 Å². The first-order valence-electron chi connectivity index (χ1n) is 5.55. The highest BCUT2D eigenvalue weighted by Gasteiger charge is 2.28. The second kappa shape index (κ2) is 5.51. The monoisotopic (exact) mass is 255 g/mol. The minimum atomic E-state index is -0.977. The highest BCUT2D eigenvalue weighted by molar-refractivity contribution is 7.99.